The summed E-state index contributed by atoms with van der Waals surface area (Å²) in [4.78, 5) is 4.12. The van der Waals surface area contributed by atoms with Gasteiger partial charge in [0, 0.05) is 23.5 Å². The molecule has 1 aromatic heterocycles. The minimum Gasteiger partial charge on any atom is -0.497 e. The van der Waals surface area contributed by atoms with Crippen molar-refractivity contribution in [1.82, 2.24) is 9.55 Å². The maximum Gasteiger partial charge on any atom is 0.165 e. The molecule has 0 N–H and O–H groups in total. The van der Waals surface area contributed by atoms with Crippen molar-refractivity contribution in [2.75, 3.05) is 14.2 Å². The van der Waals surface area contributed by atoms with Crippen molar-refractivity contribution in [1.29, 1.82) is 0 Å². The van der Waals surface area contributed by atoms with E-state index in [1.807, 2.05) is 53.2 Å². The molecule has 142 valence electrons. The van der Waals surface area contributed by atoms with Gasteiger partial charge in [-0.05, 0) is 42.7 Å². The molecule has 1 unspecified atom stereocenters. The summed E-state index contributed by atoms with van der Waals surface area (Å²) >= 11 is 5.98. The summed E-state index contributed by atoms with van der Waals surface area (Å²) in [7, 11) is 3.27. The zero-order chi connectivity index (χ0) is 19.1. The average Bonchev–Trinajstić information content (AvgIpc) is 3.20. The van der Waals surface area contributed by atoms with Gasteiger partial charge in [-0.25, -0.2) is 4.98 Å². The van der Waals surface area contributed by atoms with Crippen molar-refractivity contribution in [2.24, 2.45) is 0 Å². The zero-order valence-corrected chi connectivity index (χ0v) is 16.2. The smallest absolute Gasteiger partial charge is 0.165 e. The minimum atomic E-state index is -0.0594. The summed E-state index contributed by atoms with van der Waals surface area (Å²) in [5.41, 5.74) is 1.22. The minimum absolute atomic E-state index is 0.0594. The molecule has 5 nitrogen and oxygen atoms in total. The first kappa shape index (κ1) is 19.1. The van der Waals surface area contributed by atoms with Crippen LogP contribution in [0.1, 0.15) is 12.0 Å². The summed E-state index contributed by atoms with van der Waals surface area (Å²) in [6, 6.07) is 13.5. The van der Waals surface area contributed by atoms with E-state index < -0.39 is 0 Å². The SMILES string of the molecule is COc1ccc(OC)c(OC(CCc2ccc(Cl)cc2)Cn2ccnc2)c1. The Balaban J connectivity index is 1.76. The fourth-order valence-electron chi connectivity index (χ4n) is 2.85. The van der Waals surface area contributed by atoms with Gasteiger partial charge in [-0.2, -0.15) is 0 Å². The molecule has 6 heteroatoms. The van der Waals surface area contributed by atoms with Gasteiger partial charge in [0.25, 0.3) is 0 Å². The number of aryl methyl sites for hydroxylation is 1. The predicted octanol–water partition coefficient (Wildman–Crippen LogP) is 4.63. The number of rotatable bonds is 9. The first-order valence-corrected chi connectivity index (χ1v) is 9.14. The predicted molar refractivity (Wildman–Crippen MR) is 106 cm³/mol. The van der Waals surface area contributed by atoms with Crippen molar-refractivity contribution < 1.29 is 14.2 Å². The molecule has 1 heterocycles. The molecule has 0 saturated heterocycles. The highest BCUT2D eigenvalue weighted by molar-refractivity contribution is 6.30. The second-order valence-electron chi connectivity index (χ2n) is 6.18. The van der Waals surface area contributed by atoms with Crippen LogP contribution in [-0.4, -0.2) is 29.9 Å². The van der Waals surface area contributed by atoms with E-state index in [-0.39, 0.29) is 6.10 Å². The third-order valence-electron chi connectivity index (χ3n) is 4.31. The lowest BCUT2D eigenvalue weighted by molar-refractivity contribution is 0.163. The second-order valence-corrected chi connectivity index (χ2v) is 6.62. The van der Waals surface area contributed by atoms with Gasteiger partial charge in [0.1, 0.15) is 11.9 Å². The maximum absolute atomic E-state index is 6.32. The van der Waals surface area contributed by atoms with Gasteiger partial charge >= 0.3 is 0 Å². The van der Waals surface area contributed by atoms with Gasteiger partial charge < -0.3 is 18.8 Å². The van der Waals surface area contributed by atoms with E-state index >= 15 is 0 Å². The Morgan fingerprint density at radius 2 is 1.85 bits per heavy atom. The van der Waals surface area contributed by atoms with Crippen LogP contribution in [0.25, 0.3) is 0 Å². The van der Waals surface area contributed by atoms with Crippen LogP contribution in [0.15, 0.2) is 61.2 Å². The monoisotopic (exact) mass is 386 g/mol. The van der Waals surface area contributed by atoms with Crippen molar-refractivity contribution >= 4 is 11.6 Å². The third-order valence-corrected chi connectivity index (χ3v) is 4.56. The highest BCUT2D eigenvalue weighted by Crippen LogP contribution is 2.32. The van der Waals surface area contributed by atoms with Crippen molar-refractivity contribution in [3.63, 3.8) is 0 Å². The summed E-state index contributed by atoms with van der Waals surface area (Å²) < 4.78 is 19.1. The molecule has 2 aromatic carbocycles. The van der Waals surface area contributed by atoms with Gasteiger partial charge in [0.2, 0.25) is 0 Å². The molecule has 0 amide bonds. The van der Waals surface area contributed by atoms with Crippen LogP contribution < -0.4 is 14.2 Å². The van der Waals surface area contributed by atoms with E-state index in [1.165, 1.54) is 5.56 Å². The van der Waals surface area contributed by atoms with Crippen LogP contribution in [0.3, 0.4) is 0 Å². The second kappa shape index (κ2) is 9.33. The fraction of sp³-hybridized carbons (Fsp3) is 0.286. The Morgan fingerprint density at radius 3 is 2.52 bits per heavy atom. The Kier molecular flexibility index (Phi) is 6.60. The molecule has 0 radical (unpaired) electrons. The van der Waals surface area contributed by atoms with E-state index in [0.717, 1.165) is 23.6 Å². The largest absolute Gasteiger partial charge is 0.497 e. The van der Waals surface area contributed by atoms with E-state index in [4.69, 9.17) is 25.8 Å². The quantitative estimate of drug-likeness (QED) is 0.537. The molecule has 1 atom stereocenters. The highest BCUT2D eigenvalue weighted by Gasteiger charge is 2.16. The van der Waals surface area contributed by atoms with E-state index in [0.29, 0.717) is 18.0 Å². The molecule has 0 saturated carbocycles. The van der Waals surface area contributed by atoms with E-state index in [2.05, 4.69) is 4.98 Å². The number of benzene rings is 2. The lowest BCUT2D eigenvalue weighted by Crippen LogP contribution is -2.24. The van der Waals surface area contributed by atoms with Crippen molar-refractivity contribution in [2.45, 2.75) is 25.5 Å². The van der Waals surface area contributed by atoms with Gasteiger partial charge in [0.05, 0.1) is 27.1 Å². The topological polar surface area (TPSA) is 45.5 Å². The van der Waals surface area contributed by atoms with Crippen LogP contribution >= 0.6 is 11.6 Å². The number of hydrogen-bond donors (Lipinski definition) is 0. The van der Waals surface area contributed by atoms with Crippen LogP contribution in [0.4, 0.5) is 0 Å². The number of hydrogen-bond acceptors (Lipinski definition) is 4. The third kappa shape index (κ3) is 5.41. The number of ether oxygens (including phenoxy) is 3. The molecule has 0 spiro atoms. The van der Waals surface area contributed by atoms with Gasteiger partial charge in [-0.3, -0.25) is 0 Å². The molecular formula is C21H23ClN2O3. The Labute approximate surface area is 164 Å². The number of imidazole rings is 1. The first-order chi connectivity index (χ1) is 13.2. The fourth-order valence-corrected chi connectivity index (χ4v) is 2.98. The molecule has 27 heavy (non-hydrogen) atoms. The molecule has 0 aliphatic heterocycles. The van der Waals surface area contributed by atoms with Gasteiger partial charge in [-0.15, -0.1) is 0 Å². The summed E-state index contributed by atoms with van der Waals surface area (Å²) in [6.45, 7) is 0.688. The lowest BCUT2D eigenvalue weighted by atomic mass is 10.1. The van der Waals surface area contributed by atoms with Crippen LogP contribution in [0.2, 0.25) is 5.02 Å². The Morgan fingerprint density at radius 1 is 1.04 bits per heavy atom. The summed E-state index contributed by atoms with van der Waals surface area (Å²) in [5.74, 6) is 2.07. The molecule has 0 fully saturated rings. The van der Waals surface area contributed by atoms with Crippen LogP contribution in [0, 0.1) is 0 Å². The van der Waals surface area contributed by atoms with Gasteiger partial charge in [-0.1, -0.05) is 23.7 Å². The number of nitrogens with zero attached hydrogens (tertiary/aromatic N) is 2. The number of aromatic nitrogens is 2. The Hall–Kier alpha value is -2.66. The summed E-state index contributed by atoms with van der Waals surface area (Å²) in [5, 5.41) is 0.742. The highest BCUT2D eigenvalue weighted by atomic mass is 35.5. The maximum atomic E-state index is 6.32. The standard InChI is InChI=1S/C21H23ClN2O3/c1-25-18-9-10-20(26-2)21(13-18)27-19(14-24-12-11-23-15-24)8-5-16-3-6-17(22)7-4-16/h3-4,6-7,9-13,15,19H,5,8,14H2,1-2H3. The molecule has 3 rings (SSSR count). The average molecular weight is 387 g/mol. The molecule has 0 aliphatic rings. The zero-order valence-electron chi connectivity index (χ0n) is 15.5. The lowest BCUT2D eigenvalue weighted by Gasteiger charge is -2.21. The molecule has 0 bridgehead atoms. The molecule has 3 aromatic rings. The van der Waals surface area contributed by atoms with Crippen molar-refractivity contribution in [3.8, 4) is 17.2 Å². The number of halogens is 1. The van der Waals surface area contributed by atoms with Crippen LogP contribution in [-0.2, 0) is 13.0 Å². The number of methoxy groups -OCH3 is 2. The van der Waals surface area contributed by atoms with Gasteiger partial charge in [0.15, 0.2) is 11.5 Å². The van der Waals surface area contributed by atoms with Crippen LogP contribution in [0.5, 0.6) is 17.2 Å². The summed E-state index contributed by atoms with van der Waals surface area (Å²) in [6.07, 6.45) is 7.14. The van der Waals surface area contributed by atoms with E-state index in [1.54, 1.807) is 26.7 Å². The first-order valence-electron chi connectivity index (χ1n) is 8.77. The molecular weight excluding hydrogens is 364 g/mol. The van der Waals surface area contributed by atoms with Crippen molar-refractivity contribution in [3.05, 3.63) is 71.8 Å². The normalized spacial score (nSPS) is 11.8. The Bertz CT molecular complexity index is 835. The van der Waals surface area contributed by atoms with E-state index in [9.17, 15) is 0 Å². The molecule has 0 aliphatic carbocycles.